The Labute approximate surface area is 114 Å². The summed E-state index contributed by atoms with van der Waals surface area (Å²) < 4.78 is 12.3. The maximum absolute atomic E-state index is 12.3. The SMILES string of the molecule is Cc1cc(N)ccc1S(=O)Cc1ccnc(C#N)c1. The van der Waals surface area contributed by atoms with Gasteiger partial charge >= 0.3 is 0 Å². The first kappa shape index (κ1) is 13.2. The molecule has 0 radical (unpaired) electrons. The monoisotopic (exact) mass is 271 g/mol. The topological polar surface area (TPSA) is 79.8 Å². The molecule has 0 aliphatic carbocycles. The highest BCUT2D eigenvalue weighted by Crippen LogP contribution is 2.19. The number of pyridine rings is 1. The summed E-state index contributed by atoms with van der Waals surface area (Å²) in [6.45, 7) is 1.89. The lowest BCUT2D eigenvalue weighted by Crippen LogP contribution is -2.00. The third-order valence-corrected chi connectivity index (χ3v) is 4.23. The van der Waals surface area contributed by atoms with Crippen molar-refractivity contribution in [2.75, 3.05) is 5.73 Å². The Hall–Kier alpha value is -2.19. The zero-order valence-corrected chi connectivity index (χ0v) is 11.3. The van der Waals surface area contributed by atoms with Crippen LogP contribution in [0.3, 0.4) is 0 Å². The van der Waals surface area contributed by atoms with Crippen molar-refractivity contribution in [3.63, 3.8) is 0 Å². The molecule has 0 saturated carbocycles. The third kappa shape index (κ3) is 3.18. The van der Waals surface area contributed by atoms with E-state index in [-0.39, 0.29) is 0 Å². The molecule has 0 saturated heterocycles. The van der Waals surface area contributed by atoms with Crippen molar-refractivity contribution in [2.45, 2.75) is 17.6 Å². The fraction of sp³-hybridized carbons (Fsp3) is 0.143. The van der Waals surface area contributed by atoms with E-state index in [1.165, 1.54) is 0 Å². The molecule has 0 spiro atoms. The van der Waals surface area contributed by atoms with E-state index in [0.717, 1.165) is 16.0 Å². The molecule has 2 N–H and O–H groups in total. The summed E-state index contributed by atoms with van der Waals surface area (Å²) in [5, 5.41) is 8.79. The van der Waals surface area contributed by atoms with Crippen LogP contribution in [-0.4, -0.2) is 9.19 Å². The van der Waals surface area contributed by atoms with Crippen LogP contribution in [0.2, 0.25) is 0 Å². The highest BCUT2D eigenvalue weighted by Gasteiger charge is 2.09. The van der Waals surface area contributed by atoms with Gasteiger partial charge in [-0.2, -0.15) is 5.26 Å². The molecule has 1 atom stereocenters. The van der Waals surface area contributed by atoms with Crippen LogP contribution in [0.1, 0.15) is 16.8 Å². The van der Waals surface area contributed by atoms with Crippen molar-refractivity contribution in [3.05, 3.63) is 53.3 Å². The van der Waals surface area contributed by atoms with Gasteiger partial charge in [-0.25, -0.2) is 4.98 Å². The molecule has 0 aliphatic rings. The molecule has 1 aromatic carbocycles. The molecular formula is C14H13N3OS. The summed E-state index contributed by atoms with van der Waals surface area (Å²) in [4.78, 5) is 4.66. The molecule has 19 heavy (non-hydrogen) atoms. The van der Waals surface area contributed by atoms with Crippen molar-refractivity contribution < 1.29 is 4.21 Å². The normalized spacial score (nSPS) is 11.8. The summed E-state index contributed by atoms with van der Waals surface area (Å²) in [6, 6.07) is 10.7. The molecule has 0 fully saturated rings. The van der Waals surface area contributed by atoms with Gasteiger partial charge in [0.05, 0.1) is 16.6 Å². The van der Waals surface area contributed by atoms with Gasteiger partial charge in [0, 0.05) is 16.8 Å². The van der Waals surface area contributed by atoms with Crippen molar-refractivity contribution in [1.29, 1.82) is 5.26 Å². The standard InChI is InChI=1S/C14H13N3OS/c1-10-6-12(16)2-3-14(10)19(18)9-11-4-5-17-13(7-11)8-15/h2-7H,9,16H2,1H3. The minimum atomic E-state index is -1.16. The summed E-state index contributed by atoms with van der Waals surface area (Å²) in [6.07, 6.45) is 1.56. The van der Waals surface area contributed by atoms with E-state index < -0.39 is 10.8 Å². The van der Waals surface area contributed by atoms with Crippen LogP contribution < -0.4 is 5.73 Å². The molecule has 1 heterocycles. The lowest BCUT2D eigenvalue weighted by atomic mass is 10.2. The third-order valence-electron chi connectivity index (χ3n) is 2.68. The number of rotatable bonds is 3. The molecular weight excluding hydrogens is 258 g/mol. The molecule has 5 heteroatoms. The van der Waals surface area contributed by atoms with Crippen LogP contribution >= 0.6 is 0 Å². The summed E-state index contributed by atoms with van der Waals surface area (Å²) in [5.74, 6) is 0.363. The van der Waals surface area contributed by atoms with E-state index in [9.17, 15) is 4.21 Å². The summed E-state index contributed by atoms with van der Waals surface area (Å²) in [7, 11) is -1.16. The quantitative estimate of drug-likeness (QED) is 0.867. The molecule has 1 unspecified atom stereocenters. The number of anilines is 1. The van der Waals surface area contributed by atoms with Gasteiger partial charge in [0.1, 0.15) is 11.8 Å². The average molecular weight is 271 g/mol. The molecule has 0 amide bonds. The fourth-order valence-corrected chi connectivity index (χ4v) is 3.06. The van der Waals surface area contributed by atoms with Gasteiger partial charge in [-0.1, -0.05) is 0 Å². The highest BCUT2D eigenvalue weighted by atomic mass is 32.2. The number of hydrogen-bond acceptors (Lipinski definition) is 4. The second kappa shape index (κ2) is 5.63. The maximum atomic E-state index is 12.3. The first-order chi connectivity index (χ1) is 9.10. The van der Waals surface area contributed by atoms with Gasteiger partial charge in [-0.05, 0) is 48.4 Å². The molecule has 0 bridgehead atoms. The molecule has 1 aromatic heterocycles. The van der Waals surface area contributed by atoms with E-state index >= 15 is 0 Å². The van der Waals surface area contributed by atoms with Crippen molar-refractivity contribution in [1.82, 2.24) is 4.98 Å². The van der Waals surface area contributed by atoms with Crippen LogP contribution in [-0.2, 0) is 16.6 Å². The van der Waals surface area contributed by atoms with Gasteiger partial charge in [0.25, 0.3) is 0 Å². The lowest BCUT2D eigenvalue weighted by Gasteiger charge is -2.07. The minimum Gasteiger partial charge on any atom is -0.399 e. The number of aryl methyl sites for hydroxylation is 1. The smallest absolute Gasteiger partial charge is 0.140 e. The van der Waals surface area contributed by atoms with Gasteiger partial charge in [0.2, 0.25) is 0 Å². The Kier molecular flexibility index (Phi) is 3.93. The van der Waals surface area contributed by atoms with Crippen molar-refractivity contribution >= 4 is 16.5 Å². The first-order valence-electron chi connectivity index (χ1n) is 5.69. The number of aromatic nitrogens is 1. The predicted octanol–water partition coefficient (Wildman–Crippen LogP) is 2.15. The molecule has 96 valence electrons. The molecule has 4 nitrogen and oxygen atoms in total. The number of nitrogens with zero attached hydrogens (tertiary/aromatic N) is 2. The van der Waals surface area contributed by atoms with Gasteiger partial charge in [-0.3, -0.25) is 4.21 Å². The summed E-state index contributed by atoms with van der Waals surface area (Å²) in [5.41, 5.74) is 8.42. The van der Waals surface area contributed by atoms with Crippen LogP contribution in [0.25, 0.3) is 0 Å². The van der Waals surface area contributed by atoms with Crippen LogP contribution in [0.5, 0.6) is 0 Å². The minimum absolute atomic E-state index is 0.337. The number of nitriles is 1. The Morgan fingerprint density at radius 3 is 2.84 bits per heavy atom. The fourth-order valence-electron chi connectivity index (χ4n) is 1.78. The predicted molar refractivity (Wildman–Crippen MR) is 74.7 cm³/mol. The van der Waals surface area contributed by atoms with Gasteiger partial charge < -0.3 is 5.73 Å². The second-order valence-electron chi connectivity index (χ2n) is 4.18. The zero-order chi connectivity index (χ0) is 13.8. The van der Waals surface area contributed by atoms with E-state index in [1.54, 1.807) is 36.5 Å². The maximum Gasteiger partial charge on any atom is 0.140 e. The van der Waals surface area contributed by atoms with Gasteiger partial charge in [0.15, 0.2) is 0 Å². The van der Waals surface area contributed by atoms with Crippen LogP contribution in [0, 0.1) is 18.3 Å². The second-order valence-corrected chi connectivity index (χ2v) is 5.60. The first-order valence-corrected chi connectivity index (χ1v) is 7.01. The Morgan fingerprint density at radius 1 is 1.37 bits per heavy atom. The van der Waals surface area contributed by atoms with Crippen molar-refractivity contribution in [2.24, 2.45) is 0 Å². The number of nitrogen functional groups attached to an aromatic ring is 1. The highest BCUT2D eigenvalue weighted by molar-refractivity contribution is 7.84. The van der Waals surface area contributed by atoms with E-state index in [4.69, 9.17) is 11.0 Å². The van der Waals surface area contributed by atoms with E-state index in [2.05, 4.69) is 4.98 Å². The Morgan fingerprint density at radius 2 is 2.16 bits per heavy atom. The van der Waals surface area contributed by atoms with E-state index in [1.807, 2.05) is 13.0 Å². The van der Waals surface area contributed by atoms with Gasteiger partial charge in [-0.15, -0.1) is 0 Å². The zero-order valence-electron chi connectivity index (χ0n) is 10.5. The number of nitrogens with two attached hydrogens (primary N) is 1. The largest absolute Gasteiger partial charge is 0.399 e. The van der Waals surface area contributed by atoms with Crippen LogP contribution in [0.15, 0.2) is 41.4 Å². The summed E-state index contributed by atoms with van der Waals surface area (Å²) >= 11 is 0. The Bertz CT molecular complexity index is 677. The molecule has 0 aliphatic heterocycles. The van der Waals surface area contributed by atoms with Crippen LogP contribution in [0.4, 0.5) is 5.69 Å². The Balaban J connectivity index is 2.23. The lowest BCUT2D eigenvalue weighted by molar-refractivity contribution is 0.682. The molecule has 2 aromatic rings. The number of benzene rings is 1. The van der Waals surface area contributed by atoms with E-state index in [0.29, 0.717) is 17.1 Å². The van der Waals surface area contributed by atoms with Crippen molar-refractivity contribution in [3.8, 4) is 6.07 Å². The average Bonchev–Trinajstić information content (AvgIpc) is 2.38. The number of hydrogen-bond donors (Lipinski definition) is 1. The molecule has 2 rings (SSSR count).